The fourth-order valence-corrected chi connectivity index (χ4v) is 2.53. The molecular formula is C14H19ClN2O2. The van der Waals surface area contributed by atoms with Gasteiger partial charge in [-0.05, 0) is 30.5 Å². The van der Waals surface area contributed by atoms with Gasteiger partial charge < -0.3 is 16.2 Å². The predicted octanol–water partition coefficient (Wildman–Crippen LogP) is 1.76. The number of amides is 1. The summed E-state index contributed by atoms with van der Waals surface area (Å²) >= 11 is 5.78. The number of rotatable bonds is 4. The number of hydrogen-bond acceptors (Lipinski definition) is 3. The van der Waals surface area contributed by atoms with E-state index in [0.717, 1.165) is 31.2 Å². The molecule has 2 rings (SSSR count). The van der Waals surface area contributed by atoms with Crippen molar-refractivity contribution in [3.63, 3.8) is 0 Å². The fraction of sp³-hybridized carbons (Fsp3) is 0.500. The highest BCUT2D eigenvalue weighted by Crippen LogP contribution is 2.27. The summed E-state index contributed by atoms with van der Waals surface area (Å²) in [5, 5.41) is 13.3. The second-order valence-electron chi connectivity index (χ2n) is 5.14. The summed E-state index contributed by atoms with van der Waals surface area (Å²) in [6.07, 6.45) is 2.67. The molecule has 0 aliphatic heterocycles. The number of aliphatic hydroxyl groups is 1. The van der Waals surface area contributed by atoms with Crippen LogP contribution in [0.3, 0.4) is 0 Å². The van der Waals surface area contributed by atoms with Crippen LogP contribution in [0.2, 0.25) is 5.02 Å². The van der Waals surface area contributed by atoms with Gasteiger partial charge in [0.1, 0.15) is 0 Å². The van der Waals surface area contributed by atoms with Crippen LogP contribution in [0.4, 0.5) is 0 Å². The Morgan fingerprint density at radius 2 is 1.95 bits per heavy atom. The van der Waals surface area contributed by atoms with Crippen LogP contribution in [-0.2, 0) is 4.79 Å². The molecule has 1 fully saturated rings. The number of carbonyl (C=O) groups is 1. The third-order valence-electron chi connectivity index (χ3n) is 3.66. The molecule has 4 N–H and O–H groups in total. The van der Waals surface area contributed by atoms with Gasteiger partial charge in [0.15, 0.2) is 0 Å². The summed E-state index contributed by atoms with van der Waals surface area (Å²) in [5.74, 6) is -0.169. The summed E-state index contributed by atoms with van der Waals surface area (Å²) < 4.78 is 0. The first-order chi connectivity index (χ1) is 9.01. The molecule has 1 saturated carbocycles. The van der Waals surface area contributed by atoms with Crippen molar-refractivity contribution < 1.29 is 9.90 Å². The average molecular weight is 283 g/mol. The summed E-state index contributed by atoms with van der Waals surface area (Å²) in [5.41, 5.74) is 6.01. The Hall–Kier alpha value is -1.10. The van der Waals surface area contributed by atoms with E-state index in [0.29, 0.717) is 5.02 Å². The van der Waals surface area contributed by atoms with Crippen LogP contribution >= 0.6 is 11.6 Å². The molecule has 0 heterocycles. The van der Waals surface area contributed by atoms with Crippen molar-refractivity contribution in [3.8, 4) is 0 Å². The minimum atomic E-state index is -0.750. The Bertz CT molecular complexity index is 441. The highest BCUT2D eigenvalue weighted by Gasteiger charge is 2.36. The minimum absolute atomic E-state index is 0.166. The van der Waals surface area contributed by atoms with Crippen LogP contribution in [-0.4, -0.2) is 23.1 Å². The van der Waals surface area contributed by atoms with Gasteiger partial charge in [0.2, 0.25) is 5.91 Å². The third kappa shape index (κ3) is 3.47. The van der Waals surface area contributed by atoms with E-state index >= 15 is 0 Å². The lowest BCUT2D eigenvalue weighted by Crippen LogP contribution is -2.52. The van der Waals surface area contributed by atoms with Gasteiger partial charge in [-0.2, -0.15) is 0 Å². The molecule has 0 spiro atoms. The van der Waals surface area contributed by atoms with E-state index in [2.05, 4.69) is 5.32 Å². The molecule has 1 aliphatic carbocycles. The molecule has 1 aromatic carbocycles. The first-order valence-electron chi connectivity index (χ1n) is 6.52. The van der Waals surface area contributed by atoms with Crippen LogP contribution in [0.15, 0.2) is 24.3 Å². The molecule has 104 valence electrons. The molecule has 0 bridgehead atoms. The lowest BCUT2D eigenvalue weighted by atomic mass is 9.98. The van der Waals surface area contributed by atoms with Crippen molar-refractivity contribution in [1.29, 1.82) is 0 Å². The van der Waals surface area contributed by atoms with Crippen LogP contribution in [0, 0.1) is 0 Å². The first-order valence-corrected chi connectivity index (χ1v) is 6.90. The first kappa shape index (κ1) is 14.3. The summed E-state index contributed by atoms with van der Waals surface area (Å²) in [4.78, 5) is 12.0. The zero-order valence-corrected chi connectivity index (χ0v) is 11.5. The molecule has 5 heteroatoms. The lowest BCUT2D eigenvalue weighted by Gasteiger charge is -2.23. The molecule has 1 aliphatic rings. The van der Waals surface area contributed by atoms with Crippen molar-refractivity contribution in [2.45, 2.75) is 37.3 Å². The number of halogens is 1. The van der Waals surface area contributed by atoms with Crippen LogP contribution < -0.4 is 11.1 Å². The van der Waals surface area contributed by atoms with Crippen LogP contribution in [0.1, 0.15) is 37.4 Å². The highest BCUT2D eigenvalue weighted by atomic mass is 35.5. The molecule has 1 aromatic rings. The van der Waals surface area contributed by atoms with E-state index in [1.807, 2.05) is 0 Å². The second kappa shape index (κ2) is 5.90. The lowest BCUT2D eigenvalue weighted by molar-refractivity contribution is -0.126. The van der Waals surface area contributed by atoms with Crippen LogP contribution in [0.5, 0.6) is 0 Å². The van der Waals surface area contributed by atoms with E-state index in [1.165, 1.54) is 0 Å². The average Bonchev–Trinajstić information content (AvgIpc) is 2.84. The third-order valence-corrected chi connectivity index (χ3v) is 3.91. The van der Waals surface area contributed by atoms with Crippen molar-refractivity contribution in [3.05, 3.63) is 34.9 Å². The Kier molecular flexibility index (Phi) is 4.45. The van der Waals surface area contributed by atoms with Crippen molar-refractivity contribution >= 4 is 17.5 Å². The predicted molar refractivity (Wildman–Crippen MR) is 74.8 cm³/mol. The number of aliphatic hydroxyl groups excluding tert-OH is 1. The van der Waals surface area contributed by atoms with Crippen LogP contribution in [0.25, 0.3) is 0 Å². The van der Waals surface area contributed by atoms with Gasteiger partial charge in [-0.25, -0.2) is 0 Å². The summed E-state index contributed by atoms with van der Waals surface area (Å²) in [7, 11) is 0. The molecule has 1 atom stereocenters. The van der Waals surface area contributed by atoms with E-state index in [-0.39, 0.29) is 12.5 Å². The van der Waals surface area contributed by atoms with Gasteiger partial charge in [0.25, 0.3) is 0 Å². The summed E-state index contributed by atoms with van der Waals surface area (Å²) in [6.45, 7) is 0.166. The van der Waals surface area contributed by atoms with Gasteiger partial charge in [-0.1, -0.05) is 36.6 Å². The molecule has 0 saturated heterocycles. The molecule has 1 unspecified atom stereocenters. The van der Waals surface area contributed by atoms with Gasteiger partial charge in [-0.15, -0.1) is 0 Å². The van der Waals surface area contributed by atoms with Gasteiger partial charge in [0, 0.05) is 11.6 Å². The number of carbonyl (C=O) groups excluding carboxylic acids is 1. The summed E-state index contributed by atoms with van der Waals surface area (Å²) in [6, 6.07) is 6.91. The smallest absolute Gasteiger partial charge is 0.240 e. The van der Waals surface area contributed by atoms with Gasteiger partial charge >= 0.3 is 0 Å². The Labute approximate surface area is 117 Å². The molecule has 19 heavy (non-hydrogen) atoms. The molecule has 0 radical (unpaired) electrons. The Morgan fingerprint density at radius 3 is 2.53 bits per heavy atom. The monoisotopic (exact) mass is 282 g/mol. The standard InChI is InChI=1S/C14H19ClN2O2/c15-11-5-3-10(4-6-11)12(18)9-17-13(19)14(16)7-1-2-8-14/h3-6,12,18H,1-2,7-9,16H2,(H,17,19). The van der Waals surface area contributed by atoms with Crippen molar-refractivity contribution in [2.75, 3.05) is 6.54 Å². The minimum Gasteiger partial charge on any atom is -0.387 e. The Balaban J connectivity index is 1.88. The topological polar surface area (TPSA) is 75.4 Å². The molecule has 1 amide bonds. The fourth-order valence-electron chi connectivity index (χ4n) is 2.40. The maximum Gasteiger partial charge on any atom is 0.240 e. The van der Waals surface area contributed by atoms with Crippen molar-refractivity contribution in [1.82, 2.24) is 5.32 Å². The molecule has 0 aromatic heterocycles. The normalized spacial score (nSPS) is 19.1. The highest BCUT2D eigenvalue weighted by molar-refractivity contribution is 6.30. The van der Waals surface area contributed by atoms with Gasteiger partial charge in [-0.3, -0.25) is 4.79 Å². The largest absolute Gasteiger partial charge is 0.387 e. The van der Waals surface area contributed by atoms with Crippen molar-refractivity contribution in [2.24, 2.45) is 5.73 Å². The number of benzene rings is 1. The van der Waals surface area contributed by atoms with Gasteiger partial charge in [0.05, 0.1) is 11.6 Å². The van der Waals surface area contributed by atoms with E-state index in [9.17, 15) is 9.90 Å². The zero-order chi connectivity index (χ0) is 13.9. The number of hydrogen-bond donors (Lipinski definition) is 3. The number of nitrogens with two attached hydrogens (primary N) is 1. The second-order valence-corrected chi connectivity index (χ2v) is 5.58. The van der Waals surface area contributed by atoms with E-state index in [1.54, 1.807) is 24.3 Å². The van der Waals surface area contributed by atoms with E-state index < -0.39 is 11.6 Å². The molecular weight excluding hydrogens is 264 g/mol. The quantitative estimate of drug-likeness (QED) is 0.788. The molecule has 4 nitrogen and oxygen atoms in total. The van der Waals surface area contributed by atoms with E-state index in [4.69, 9.17) is 17.3 Å². The maximum absolute atomic E-state index is 12.0. The Morgan fingerprint density at radius 1 is 1.37 bits per heavy atom. The number of nitrogens with one attached hydrogen (secondary N) is 1. The SMILES string of the molecule is NC1(C(=O)NCC(O)c2ccc(Cl)cc2)CCCC1. The zero-order valence-electron chi connectivity index (χ0n) is 10.7. The maximum atomic E-state index is 12.0.